The summed E-state index contributed by atoms with van der Waals surface area (Å²) >= 11 is 0. The summed E-state index contributed by atoms with van der Waals surface area (Å²) in [5.74, 6) is -4.37. The summed E-state index contributed by atoms with van der Waals surface area (Å²) < 4.78 is 11.7. The first-order valence-electron chi connectivity index (χ1n) is 19.4. The normalized spacial score (nSPS) is 27.1. The van der Waals surface area contributed by atoms with Crippen LogP contribution in [0.3, 0.4) is 0 Å². The van der Waals surface area contributed by atoms with Crippen LogP contribution in [-0.4, -0.2) is 73.3 Å². The highest BCUT2D eigenvalue weighted by molar-refractivity contribution is 6.22. The Bertz CT molecular complexity index is 2200. The molecule has 6 atom stereocenters. The number of hydrazine groups is 1. The van der Waals surface area contributed by atoms with Crippen LogP contribution >= 0.6 is 0 Å². The molecule has 4 aromatic rings. The molecule has 3 heterocycles. The molecule has 4 amide bonds. The molecule has 1 saturated carbocycles. The molecule has 6 unspecified atom stereocenters. The lowest BCUT2D eigenvalue weighted by atomic mass is 9.49. The standard InChI is InChI=1S/C45H44N4O7/c1-28-11-13-30(14-12-28)46-49-42(52)37-27-36-33(40(34-9-5-6-10-38(34)56-26-23-50)45(37,44(49)54)29-7-3-2-4-8-29)19-20-35-39(36)43(53)48(41(35)51)32-17-15-31(16-18-32)47-21-24-55-25-22-47/h2-19,35-37,39-40,46,50H,20-27H2,1H3. The molecule has 3 saturated heterocycles. The van der Waals surface area contributed by atoms with Crippen molar-refractivity contribution in [3.05, 3.63) is 131 Å². The van der Waals surface area contributed by atoms with E-state index < -0.39 is 46.8 Å². The number of carbonyl (C=O) groups is 4. The number of allylic oxidation sites excluding steroid dienone is 2. The zero-order valence-corrected chi connectivity index (χ0v) is 31.2. The summed E-state index contributed by atoms with van der Waals surface area (Å²) in [5.41, 5.74) is 7.06. The summed E-state index contributed by atoms with van der Waals surface area (Å²) in [6.45, 7) is 4.59. The van der Waals surface area contributed by atoms with Gasteiger partial charge in [-0.2, -0.15) is 5.01 Å². The van der Waals surface area contributed by atoms with Crippen molar-refractivity contribution < 1.29 is 33.8 Å². The smallest absolute Gasteiger partial charge is 0.260 e. The monoisotopic (exact) mass is 752 g/mol. The Morgan fingerprint density at radius 3 is 2.23 bits per heavy atom. The molecule has 0 bridgehead atoms. The van der Waals surface area contributed by atoms with Crippen molar-refractivity contribution in [2.75, 3.05) is 54.7 Å². The van der Waals surface area contributed by atoms with Gasteiger partial charge < -0.3 is 19.5 Å². The minimum absolute atomic E-state index is 0.0267. The van der Waals surface area contributed by atoms with Crippen LogP contribution in [0.1, 0.15) is 35.4 Å². The molecule has 0 radical (unpaired) electrons. The summed E-state index contributed by atoms with van der Waals surface area (Å²) in [6.07, 6.45) is 2.55. The molecule has 0 spiro atoms. The average Bonchev–Trinajstić information content (AvgIpc) is 3.62. The van der Waals surface area contributed by atoms with Crippen molar-refractivity contribution >= 4 is 40.7 Å². The molecule has 2 aliphatic carbocycles. The van der Waals surface area contributed by atoms with Gasteiger partial charge in [-0.1, -0.05) is 77.9 Å². The molecule has 286 valence electrons. The number of aliphatic hydroxyl groups is 1. The number of anilines is 3. The van der Waals surface area contributed by atoms with Gasteiger partial charge in [-0.25, -0.2) is 0 Å². The number of imide groups is 2. The first-order valence-corrected chi connectivity index (χ1v) is 19.4. The molecule has 11 heteroatoms. The van der Waals surface area contributed by atoms with Crippen LogP contribution in [0, 0.1) is 30.6 Å². The quantitative estimate of drug-likeness (QED) is 0.171. The maximum Gasteiger partial charge on any atom is 0.260 e. The summed E-state index contributed by atoms with van der Waals surface area (Å²) in [6, 6.07) is 31.9. The van der Waals surface area contributed by atoms with Gasteiger partial charge in [-0.15, -0.1) is 0 Å². The maximum absolute atomic E-state index is 15.4. The van der Waals surface area contributed by atoms with Crippen LogP contribution in [0.25, 0.3) is 0 Å². The number of rotatable bonds is 9. The number of morpholine rings is 1. The number of hydrogen-bond acceptors (Lipinski definition) is 9. The van der Waals surface area contributed by atoms with Gasteiger partial charge in [0.1, 0.15) is 12.4 Å². The zero-order valence-electron chi connectivity index (χ0n) is 31.2. The summed E-state index contributed by atoms with van der Waals surface area (Å²) in [5, 5.41) is 10.9. The van der Waals surface area contributed by atoms with E-state index in [1.165, 1.54) is 4.90 Å². The number of fused-ring (bicyclic) bond motifs is 4. The van der Waals surface area contributed by atoms with E-state index in [-0.39, 0.29) is 31.4 Å². The Kier molecular flexibility index (Phi) is 9.22. The minimum Gasteiger partial charge on any atom is -0.491 e. The third-order valence-electron chi connectivity index (χ3n) is 12.5. The zero-order chi connectivity index (χ0) is 38.6. The van der Waals surface area contributed by atoms with Crippen LogP contribution in [-0.2, 0) is 29.3 Å². The number of aryl methyl sites for hydroxylation is 1. The fraction of sp³-hybridized carbons (Fsp3) is 0.333. The van der Waals surface area contributed by atoms with Gasteiger partial charge in [-0.3, -0.25) is 29.5 Å². The highest BCUT2D eigenvalue weighted by Crippen LogP contribution is 2.65. The number of carbonyl (C=O) groups excluding carboxylic acids is 4. The predicted octanol–water partition coefficient (Wildman–Crippen LogP) is 5.39. The van der Waals surface area contributed by atoms with E-state index in [1.807, 2.05) is 116 Å². The Hall–Kier alpha value is -5.78. The summed E-state index contributed by atoms with van der Waals surface area (Å²) in [4.78, 5) is 63.1. The molecular weight excluding hydrogens is 709 g/mol. The van der Waals surface area contributed by atoms with E-state index in [2.05, 4.69) is 10.3 Å². The van der Waals surface area contributed by atoms with Crippen molar-refractivity contribution in [3.8, 4) is 5.75 Å². The Morgan fingerprint density at radius 2 is 1.50 bits per heavy atom. The minimum atomic E-state index is -1.43. The SMILES string of the molecule is Cc1ccc(NN2C(=O)C3CC4C(=CCC5C(=O)N(c6ccc(N7CCOCC7)cc6)C(=O)C54)C(c4ccccc4OCCO)C3(c3ccccc3)C2=O)cc1. The number of ether oxygens (including phenoxy) is 2. The van der Waals surface area contributed by atoms with Crippen molar-refractivity contribution in [2.45, 2.75) is 31.1 Å². The molecule has 11 nitrogen and oxygen atoms in total. The van der Waals surface area contributed by atoms with E-state index >= 15 is 4.79 Å². The van der Waals surface area contributed by atoms with Crippen LogP contribution in [0.5, 0.6) is 5.75 Å². The number of nitrogens with zero attached hydrogens (tertiary/aromatic N) is 3. The van der Waals surface area contributed by atoms with Crippen molar-refractivity contribution in [1.29, 1.82) is 0 Å². The second-order valence-corrected chi connectivity index (χ2v) is 15.3. The highest BCUT2D eigenvalue weighted by Gasteiger charge is 2.70. The fourth-order valence-corrected chi connectivity index (χ4v) is 9.99. The van der Waals surface area contributed by atoms with Crippen LogP contribution in [0.2, 0.25) is 0 Å². The van der Waals surface area contributed by atoms with Crippen LogP contribution in [0.4, 0.5) is 17.1 Å². The third kappa shape index (κ3) is 5.63. The van der Waals surface area contributed by atoms with Gasteiger partial charge in [-0.05, 0) is 73.7 Å². The van der Waals surface area contributed by atoms with Gasteiger partial charge in [0.25, 0.3) is 11.8 Å². The molecule has 9 rings (SSSR count). The van der Waals surface area contributed by atoms with Crippen LogP contribution in [0.15, 0.2) is 115 Å². The van der Waals surface area contributed by atoms with Gasteiger partial charge >= 0.3 is 0 Å². The predicted molar refractivity (Wildman–Crippen MR) is 210 cm³/mol. The van der Waals surface area contributed by atoms with Gasteiger partial charge in [0.15, 0.2) is 0 Å². The molecule has 4 fully saturated rings. The topological polar surface area (TPSA) is 129 Å². The van der Waals surface area contributed by atoms with E-state index in [9.17, 15) is 19.5 Å². The largest absolute Gasteiger partial charge is 0.491 e. The number of aliphatic hydroxyl groups excluding tert-OH is 1. The lowest BCUT2D eigenvalue weighted by Gasteiger charge is -2.50. The average molecular weight is 753 g/mol. The molecule has 3 aliphatic heterocycles. The van der Waals surface area contributed by atoms with E-state index in [4.69, 9.17) is 9.47 Å². The second kappa shape index (κ2) is 14.4. The van der Waals surface area contributed by atoms with Crippen molar-refractivity contribution in [3.63, 3.8) is 0 Å². The van der Waals surface area contributed by atoms with E-state index in [1.54, 1.807) is 0 Å². The van der Waals surface area contributed by atoms with Gasteiger partial charge in [0.05, 0.1) is 54.4 Å². The molecule has 4 aromatic carbocycles. The molecule has 0 aromatic heterocycles. The fourth-order valence-electron chi connectivity index (χ4n) is 9.99. The Balaban J connectivity index is 1.17. The number of hydrogen-bond donors (Lipinski definition) is 2. The van der Waals surface area contributed by atoms with Gasteiger partial charge in [0.2, 0.25) is 11.8 Å². The van der Waals surface area contributed by atoms with E-state index in [0.717, 1.165) is 34.9 Å². The molecular formula is C45H44N4O7. The summed E-state index contributed by atoms with van der Waals surface area (Å²) in [7, 11) is 0. The first kappa shape index (κ1) is 35.9. The first-order chi connectivity index (χ1) is 27.3. The molecule has 5 aliphatic rings. The Labute approximate surface area is 325 Å². The molecule has 2 N–H and O–H groups in total. The Morgan fingerprint density at radius 1 is 0.804 bits per heavy atom. The lowest BCUT2D eigenvalue weighted by Crippen LogP contribution is -2.53. The number of benzene rings is 4. The number of amides is 4. The molecule has 56 heavy (non-hydrogen) atoms. The number of para-hydroxylation sites is 1. The van der Waals surface area contributed by atoms with E-state index in [0.29, 0.717) is 47.9 Å². The highest BCUT2D eigenvalue weighted by atomic mass is 16.5. The van der Waals surface area contributed by atoms with Gasteiger partial charge in [0, 0.05) is 30.3 Å². The third-order valence-corrected chi connectivity index (χ3v) is 12.5. The lowest BCUT2D eigenvalue weighted by molar-refractivity contribution is -0.138. The van der Waals surface area contributed by atoms with Crippen molar-refractivity contribution in [2.24, 2.45) is 23.7 Å². The van der Waals surface area contributed by atoms with Crippen molar-refractivity contribution in [1.82, 2.24) is 5.01 Å². The second-order valence-electron chi connectivity index (χ2n) is 15.3. The number of nitrogens with one attached hydrogen (secondary N) is 1. The maximum atomic E-state index is 15.4. The van der Waals surface area contributed by atoms with Crippen LogP contribution < -0.4 is 20.0 Å².